The summed E-state index contributed by atoms with van der Waals surface area (Å²) in [6.45, 7) is 2.04. The lowest BCUT2D eigenvalue weighted by molar-refractivity contribution is 0.291. The van der Waals surface area contributed by atoms with Gasteiger partial charge in [0.2, 0.25) is 5.89 Å². The minimum absolute atomic E-state index is 0.572. The quantitative estimate of drug-likeness (QED) is 0.649. The Balaban J connectivity index is 2.11. The van der Waals surface area contributed by atoms with Gasteiger partial charge in [-0.25, -0.2) is 0 Å². The average molecular weight is 152 g/mol. The Morgan fingerprint density at radius 2 is 2.36 bits per heavy atom. The molecule has 60 valence electrons. The molecule has 1 aliphatic carbocycles. The van der Waals surface area contributed by atoms with Crippen molar-refractivity contribution in [1.29, 1.82) is 0 Å². The molecule has 3 nitrogen and oxygen atoms in total. The molecule has 1 fully saturated rings. The Bertz CT molecular complexity index is 240. The van der Waals surface area contributed by atoms with Crippen molar-refractivity contribution in [2.45, 2.75) is 38.5 Å². The van der Waals surface area contributed by atoms with Crippen LogP contribution < -0.4 is 0 Å². The molecule has 1 aromatic rings. The molecule has 3 heteroatoms. The Morgan fingerprint density at radius 3 is 2.82 bits per heavy atom. The molecule has 1 aromatic heterocycles. The molecule has 0 aliphatic heterocycles. The molecule has 0 radical (unpaired) electrons. The molecule has 1 aliphatic rings. The largest absolute Gasteiger partial charge is 0.339 e. The zero-order valence-corrected chi connectivity index (χ0v) is 6.71. The second-order valence-electron chi connectivity index (χ2n) is 3.03. The molecule has 2 rings (SSSR count). The zero-order chi connectivity index (χ0) is 7.68. The van der Waals surface area contributed by atoms with E-state index in [0.717, 1.165) is 18.1 Å². The summed E-state index contributed by atoms with van der Waals surface area (Å²) in [4.78, 5) is 4.27. The van der Waals surface area contributed by atoms with Gasteiger partial charge in [0.15, 0.2) is 5.82 Å². The Morgan fingerprint density at radius 1 is 1.55 bits per heavy atom. The van der Waals surface area contributed by atoms with Crippen LogP contribution in [0.25, 0.3) is 0 Å². The van der Waals surface area contributed by atoms with Crippen molar-refractivity contribution in [3.05, 3.63) is 11.7 Å². The molecule has 0 unspecified atom stereocenters. The fraction of sp³-hybridized carbons (Fsp3) is 0.750. The molecule has 11 heavy (non-hydrogen) atoms. The van der Waals surface area contributed by atoms with Crippen molar-refractivity contribution in [2.75, 3.05) is 0 Å². The van der Waals surface area contributed by atoms with Crippen molar-refractivity contribution in [2.24, 2.45) is 0 Å². The number of aryl methyl sites for hydroxylation is 1. The van der Waals surface area contributed by atoms with E-state index in [4.69, 9.17) is 4.52 Å². The standard InChI is InChI=1S/C8H12N2O/c1-2-7-9-8(11-10-7)6-4-3-5-6/h6H,2-5H2,1H3. The average Bonchev–Trinajstić information content (AvgIpc) is 2.32. The lowest BCUT2D eigenvalue weighted by Gasteiger charge is -2.20. The van der Waals surface area contributed by atoms with Crippen LogP contribution in [0.15, 0.2) is 4.52 Å². The highest BCUT2D eigenvalue weighted by Gasteiger charge is 2.24. The Labute approximate surface area is 65.8 Å². The normalized spacial score (nSPS) is 18.3. The van der Waals surface area contributed by atoms with Crippen LogP contribution in [0.3, 0.4) is 0 Å². The molecule has 0 aromatic carbocycles. The summed E-state index contributed by atoms with van der Waals surface area (Å²) < 4.78 is 5.10. The van der Waals surface area contributed by atoms with Crippen molar-refractivity contribution in [3.63, 3.8) is 0 Å². The highest BCUT2D eigenvalue weighted by Crippen LogP contribution is 2.34. The van der Waals surface area contributed by atoms with Gasteiger partial charge in [-0.2, -0.15) is 4.98 Å². The highest BCUT2D eigenvalue weighted by molar-refractivity contribution is 4.97. The fourth-order valence-electron chi connectivity index (χ4n) is 1.23. The first kappa shape index (κ1) is 6.83. The summed E-state index contributed by atoms with van der Waals surface area (Å²) in [5, 5.41) is 3.85. The number of rotatable bonds is 2. The van der Waals surface area contributed by atoms with Crippen LogP contribution in [0.2, 0.25) is 0 Å². The van der Waals surface area contributed by atoms with Crippen LogP contribution >= 0.6 is 0 Å². The molecule has 0 saturated heterocycles. The van der Waals surface area contributed by atoms with Crippen LogP contribution in [0.1, 0.15) is 43.8 Å². The van der Waals surface area contributed by atoms with Gasteiger partial charge in [0.25, 0.3) is 0 Å². The summed E-state index contributed by atoms with van der Waals surface area (Å²) in [7, 11) is 0. The SMILES string of the molecule is CCc1noc(C2CCC2)n1. The van der Waals surface area contributed by atoms with Gasteiger partial charge in [-0.1, -0.05) is 18.5 Å². The Hall–Kier alpha value is -0.860. The third-order valence-electron chi connectivity index (χ3n) is 2.25. The monoisotopic (exact) mass is 152 g/mol. The Kier molecular flexibility index (Phi) is 1.64. The van der Waals surface area contributed by atoms with Crippen molar-refractivity contribution in [3.8, 4) is 0 Å². The number of hydrogen-bond donors (Lipinski definition) is 0. The molecular weight excluding hydrogens is 140 g/mol. The van der Waals surface area contributed by atoms with E-state index in [1.54, 1.807) is 0 Å². The molecular formula is C8H12N2O. The van der Waals surface area contributed by atoms with E-state index in [1.807, 2.05) is 6.92 Å². The highest BCUT2D eigenvalue weighted by atomic mass is 16.5. The topological polar surface area (TPSA) is 38.9 Å². The minimum atomic E-state index is 0.572. The van der Waals surface area contributed by atoms with Crippen molar-refractivity contribution < 1.29 is 4.52 Å². The van der Waals surface area contributed by atoms with Gasteiger partial charge in [0.1, 0.15) is 0 Å². The first-order valence-electron chi connectivity index (χ1n) is 4.22. The molecule has 1 saturated carbocycles. The molecule has 0 spiro atoms. The van der Waals surface area contributed by atoms with Gasteiger partial charge < -0.3 is 4.52 Å². The second-order valence-corrected chi connectivity index (χ2v) is 3.03. The second kappa shape index (κ2) is 2.64. The van der Waals surface area contributed by atoms with E-state index < -0.39 is 0 Å². The smallest absolute Gasteiger partial charge is 0.229 e. The van der Waals surface area contributed by atoms with Crippen LogP contribution in [-0.2, 0) is 6.42 Å². The van der Waals surface area contributed by atoms with E-state index in [0.29, 0.717) is 5.92 Å². The predicted molar refractivity (Wildman–Crippen MR) is 40.3 cm³/mol. The molecule has 0 atom stereocenters. The van der Waals surface area contributed by atoms with Crippen LogP contribution in [0.4, 0.5) is 0 Å². The minimum Gasteiger partial charge on any atom is -0.339 e. The first-order valence-corrected chi connectivity index (χ1v) is 4.22. The maximum Gasteiger partial charge on any atom is 0.229 e. The van der Waals surface area contributed by atoms with Crippen LogP contribution in [0.5, 0.6) is 0 Å². The van der Waals surface area contributed by atoms with E-state index in [9.17, 15) is 0 Å². The number of aromatic nitrogens is 2. The van der Waals surface area contributed by atoms with Crippen LogP contribution in [-0.4, -0.2) is 10.1 Å². The summed E-state index contributed by atoms with van der Waals surface area (Å²) in [5.74, 6) is 2.27. The van der Waals surface area contributed by atoms with Gasteiger partial charge in [-0.15, -0.1) is 0 Å². The van der Waals surface area contributed by atoms with Gasteiger partial charge in [-0.05, 0) is 12.8 Å². The predicted octanol–water partition coefficient (Wildman–Crippen LogP) is 1.90. The van der Waals surface area contributed by atoms with Gasteiger partial charge >= 0.3 is 0 Å². The van der Waals surface area contributed by atoms with E-state index in [1.165, 1.54) is 19.3 Å². The van der Waals surface area contributed by atoms with E-state index in [2.05, 4.69) is 10.1 Å². The van der Waals surface area contributed by atoms with Crippen LogP contribution in [0, 0.1) is 0 Å². The third-order valence-corrected chi connectivity index (χ3v) is 2.25. The first-order chi connectivity index (χ1) is 5.40. The summed E-state index contributed by atoms with van der Waals surface area (Å²) in [6, 6.07) is 0. The fourth-order valence-corrected chi connectivity index (χ4v) is 1.23. The maximum atomic E-state index is 5.10. The lowest BCUT2D eigenvalue weighted by atomic mass is 9.85. The summed E-state index contributed by atoms with van der Waals surface area (Å²) in [5.41, 5.74) is 0. The summed E-state index contributed by atoms with van der Waals surface area (Å²) in [6.07, 6.45) is 4.64. The van der Waals surface area contributed by atoms with Gasteiger partial charge in [0, 0.05) is 12.3 Å². The lowest BCUT2D eigenvalue weighted by Crippen LogP contribution is -2.08. The van der Waals surface area contributed by atoms with Crippen molar-refractivity contribution in [1.82, 2.24) is 10.1 Å². The number of nitrogens with zero attached hydrogens (tertiary/aromatic N) is 2. The number of hydrogen-bond acceptors (Lipinski definition) is 3. The van der Waals surface area contributed by atoms with Gasteiger partial charge in [-0.3, -0.25) is 0 Å². The third kappa shape index (κ3) is 1.15. The molecule has 1 heterocycles. The van der Waals surface area contributed by atoms with Crippen molar-refractivity contribution >= 4 is 0 Å². The maximum absolute atomic E-state index is 5.10. The molecule has 0 amide bonds. The van der Waals surface area contributed by atoms with E-state index in [-0.39, 0.29) is 0 Å². The molecule has 0 N–H and O–H groups in total. The summed E-state index contributed by atoms with van der Waals surface area (Å²) >= 11 is 0. The zero-order valence-electron chi connectivity index (χ0n) is 6.71. The molecule has 0 bridgehead atoms. The van der Waals surface area contributed by atoms with Gasteiger partial charge in [0.05, 0.1) is 0 Å². The van der Waals surface area contributed by atoms with E-state index >= 15 is 0 Å².